The molecule has 1 heterocycles. The highest BCUT2D eigenvalue weighted by molar-refractivity contribution is 7.89. The van der Waals surface area contributed by atoms with E-state index in [1.54, 1.807) is 0 Å². The van der Waals surface area contributed by atoms with E-state index in [0.717, 1.165) is 0 Å². The molecule has 2 heteroatoms. The number of fused-ring (bicyclic) bond motifs is 1. The lowest BCUT2D eigenvalue weighted by Crippen LogP contribution is -1.97. The van der Waals surface area contributed by atoms with Gasteiger partial charge in [0.15, 0.2) is 0 Å². The van der Waals surface area contributed by atoms with Gasteiger partial charge in [0.1, 0.15) is 0 Å². The van der Waals surface area contributed by atoms with Crippen LogP contribution in [-0.4, -0.2) is 0 Å². The largest absolute Gasteiger partial charge is 0.343 e. The fourth-order valence-electron chi connectivity index (χ4n) is 0.883. The lowest BCUT2D eigenvalue weighted by atomic mass is 10.3. The van der Waals surface area contributed by atoms with Gasteiger partial charge in [-0.1, -0.05) is 18.2 Å². The van der Waals surface area contributed by atoms with E-state index in [1.807, 2.05) is 6.20 Å². The van der Waals surface area contributed by atoms with E-state index < -0.39 is 0 Å². The van der Waals surface area contributed by atoms with Crippen LogP contribution >= 0.6 is 11.5 Å². The summed E-state index contributed by atoms with van der Waals surface area (Å²) in [5.74, 6) is 0. The molecule has 1 aliphatic rings. The smallest absolute Gasteiger partial charge is 0.0224 e. The molecule has 1 N–H and O–H groups in total. The first-order chi connectivity index (χ1) is 4.47. The Kier molecular flexibility index (Phi) is 1.06. The molecule has 0 fully saturated rings. The summed E-state index contributed by atoms with van der Waals surface area (Å²) in [6, 6.07) is 8.36. The maximum Gasteiger partial charge on any atom is 0.0224 e. The molecule has 9 heavy (non-hydrogen) atoms. The van der Waals surface area contributed by atoms with Crippen LogP contribution in [0.25, 0.3) is 6.20 Å². The third-order valence-corrected chi connectivity index (χ3v) is 2.25. The molecule has 0 saturated heterocycles. The van der Waals surface area contributed by atoms with Gasteiger partial charge in [-0.05, 0) is 6.07 Å². The van der Waals surface area contributed by atoms with Crippen LogP contribution in [0.1, 0.15) is 0 Å². The lowest BCUT2D eigenvalue weighted by Gasteiger charge is -1.77. The van der Waals surface area contributed by atoms with Crippen LogP contribution in [0.4, 0.5) is 0 Å². The molecule has 0 atom stereocenters. The summed E-state index contributed by atoms with van der Waals surface area (Å²) < 4.78 is 4.51. The number of hydrogen-bond acceptors (Lipinski definition) is 1. The van der Waals surface area contributed by atoms with Crippen LogP contribution in [0.3, 0.4) is 0 Å². The van der Waals surface area contributed by atoms with E-state index in [4.69, 9.17) is 0 Å². The molecule has 0 aliphatic carbocycles. The number of nitrogens with one attached hydrogen (secondary N) is 1. The topological polar surface area (TPSA) is 12.0 Å². The Hall–Kier alpha value is -0.760. The Morgan fingerprint density at radius 3 is 3.00 bits per heavy atom. The molecule has 0 radical (unpaired) electrons. The Balaban J connectivity index is 2.97. The van der Waals surface area contributed by atoms with E-state index in [0.29, 0.717) is 0 Å². The van der Waals surface area contributed by atoms with Crippen molar-refractivity contribution in [2.45, 2.75) is 0 Å². The van der Waals surface area contributed by atoms with Crippen molar-refractivity contribution >= 4 is 17.7 Å². The Morgan fingerprint density at radius 1 is 1.22 bits per heavy atom. The molecule has 46 valence electrons. The van der Waals surface area contributed by atoms with Crippen molar-refractivity contribution in [2.75, 3.05) is 0 Å². The van der Waals surface area contributed by atoms with Gasteiger partial charge < -0.3 is 4.72 Å². The van der Waals surface area contributed by atoms with E-state index in [1.165, 1.54) is 21.3 Å². The van der Waals surface area contributed by atoms with Crippen LogP contribution in [0, 0.1) is 4.51 Å². The van der Waals surface area contributed by atoms with E-state index in [9.17, 15) is 0 Å². The van der Waals surface area contributed by atoms with Gasteiger partial charge in [0.05, 0.1) is 0 Å². The normalized spacial score (nSPS) is 13.8. The third-order valence-electron chi connectivity index (χ3n) is 1.34. The molecule has 0 aromatic heterocycles. The minimum Gasteiger partial charge on any atom is -0.343 e. The van der Waals surface area contributed by atoms with Crippen molar-refractivity contribution < 1.29 is 0 Å². The second-order valence-electron chi connectivity index (χ2n) is 1.94. The fourth-order valence-corrected chi connectivity index (χ4v) is 1.65. The molecule has 0 saturated carbocycles. The van der Waals surface area contributed by atoms with Gasteiger partial charge in [-0.2, -0.15) is 0 Å². The molecule has 1 aromatic rings. The predicted octanol–water partition coefficient (Wildman–Crippen LogP) is 0.659. The minimum absolute atomic E-state index is 1.22. The predicted molar refractivity (Wildman–Crippen MR) is 41.5 cm³/mol. The lowest BCUT2D eigenvalue weighted by molar-refractivity contribution is 1.52. The summed E-state index contributed by atoms with van der Waals surface area (Å²) in [6.45, 7) is 0. The molecule has 0 spiro atoms. The molecule has 0 unspecified atom stereocenters. The van der Waals surface area contributed by atoms with Crippen molar-refractivity contribution in [3.05, 3.63) is 34.0 Å². The van der Waals surface area contributed by atoms with Crippen LogP contribution in [-0.2, 0) is 0 Å². The maximum absolute atomic E-state index is 3.13. The van der Waals surface area contributed by atoms with E-state index in [2.05, 4.69) is 29.0 Å². The minimum atomic E-state index is 1.22. The Bertz CT molecular complexity index is 296. The van der Waals surface area contributed by atoms with Gasteiger partial charge in [-0.15, -0.1) is 11.5 Å². The van der Waals surface area contributed by atoms with Crippen LogP contribution in [0.5, 0.6) is 0 Å². The quantitative estimate of drug-likeness (QED) is 0.395. The zero-order valence-electron chi connectivity index (χ0n) is 4.83. The van der Waals surface area contributed by atoms with Crippen molar-refractivity contribution in [3.8, 4) is 0 Å². The summed E-state index contributed by atoms with van der Waals surface area (Å²) in [7, 11) is 0. The standard InChI is InChI=1S/C7H7NS/c1-2-4-7-6(3-1)5-8-9-7/h1-5,8-9H. The molecule has 1 nitrogen and oxygen atoms in total. The first-order valence-electron chi connectivity index (χ1n) is 2.85. The Morgan fingerprint density at radius 2 is 2.11 bits per heavy atom. The van der Waals surface area contributed by atoms with Crippen LogP contribution < -0.4 is 9.94 Å². The summed E-state index contributed by atoms with van der Waals surface area (Å²) >= 11 is 1.22. The summed E-state index contributed by atoms with van der Waals surface area (Å²) in [4.78, 5) is 0. The highest BCUT2D eigenvalue weighted by Gasteiger charge is 1.86. The van der Waals surface area contributed by atoms with Gasteiger partial charge in [0.2, 0.25) is 0 Å². The highest BCUT2D eigenvalue weighted by Crippen LogP contribution is 1.93. The van der Waals surface area contributed by atoms with Gasteiger partial charge in [-0.25, -0.2) is 0 Å². The van der Waals surface area contributed by atoms with Crippen molar-refractivity contribution in [1.82, 2.24) is 4.72 Å². The molecule has 0 bridgehead atoms. The number of thiol groups is 1. The second kappa shape index (κ2) is 1.88. The second-order valence-corrected chi connectivity index (χ2v) is 2.91. The first-order valence-corrected chi connectivity index (χ1v) is 3.75. The first kappa shape index (κ1) is 5.06. The SMILES string of the molecule is C1=c2ccccc2=[SH]N1. The van der Waals surface area contributed by atoms with Gasteiger partial charge in [0.25, 0.3) is 0 Å². The number of benzene rings is 1. The zero-order chi connectivity index (χ0) is 6.10. The van der Waals surface area contributed by atoms with Gasteiger partial charge in [-0.3, -0.25) is 0 Å². The average molecular weight is 137 g/mol. The molecule has 1 aliphatic heterocycles. The number of rotatable bonds is 0. The third kappa shape index (κ3) is 0.754. The zero-order valence-corrected chi connectivity index (χ0v) is 5.73. The van der Waals surface area contributed by atoms with Crippen molar-refractivity contribution in [1.29, 1.82) is 0 Å². The van der Waals surface area contributed by atoms with Crippen LogP contribution in [0.2, 0.25) is 0 Å². The summed E-state index contributed by atoms with van der Waals surface area (Å²) in [6.07, 6.45) is 2.04. The van der Waals surface area contributed by atoms with Gasteiger partial charge >= 0.3 is 0 Å². The summed E-state index contributed by atoms with van der Waals surface area (Å²) in [5, 5.41) is 1.32. The van der Waals surface area contributed by atoms with Crippen molar-refractivity contribution in [2.24, 2.45) is 0 Å². The molecule has 2 rings (SSSR count). The monoisotopic (exact) mass is 137 g/mol. The molecule has 0 amide bonds. The Labute approximate surface area is 57.1 Å². The number of hydrogen-bond donors (Lipinski definition) is 2. The molecular weight excluding hydrogens is 130 g/mol. The van der Waals surface area contributed by atoms with Crippen LogP contribution in [0.15, 0.2) is 24.3 Å². The fraction of sp³-hybridized carbons (Fsp3) is 0. The van der Waals surface area contributed by atoms with Crippen molar-refractivity contribution in [3.63, 3.8) is 0 Å². The average Bonchev–Trinajstić information content (AvgIpc) is 2.33. The summed E-state index contributed by atoms with van der Waals surface area (Å²) in [5.41, 5.74) is 0. The van der Waals surface area contributed by atoms with Gasteiger partial charge in [0, 0.05) is 15.9 Å². The molecular formula is C7H7NS. The van der Waals surface area contributed by atoms with E-state index >= 15 is 0 Å². The highest BCUT2D eigenvalue weighted by atomic mass is 32.1. The van der Waals surface area contributed by atoms with E-state index in [-0.39, 0.29) is 0 Å². The maximum atomic E-state index is 3.13. The molecule has 1 aromatic carbocycles.